The second-order valence-electron chi connectivity index (χ2n) is 5.81. The van der Waals surface area contributed by atoms with E-state index in [1.54, 1.807) is 35.2 Å². The van der Waals surface area contributed by atoms with Gasteiger partial charge in [0.05, 0.1) is 10.6 Å². The summed E-state index contributed by atoms with van der Waals surface area (Å²) < 4.78 is 51.9. The molecular weight excluding hydrogens is 320 g/mol. The molecule has 1 heterocycles. The molecule has 2 aromatic rings. The molecule has 0 radical (unpaired) electrons. The summed E-state index contributed by atoms with van der Waals surface area (Å²) in [4.78, 5) is 2.04. The van der Waals surface area contributed by atoms with Gasteiger partial charge in [0.25, 0.3) is 0 Å². The van der Waals surface area contributed by atoms with Gasteiger partial charge in [-0.25, -0.2) is 17.2 Å². The largest absolute Gasteiger partial charge is 0.295 e. The Morgan fingerprint density at radius 3 is 2.22 bits per heavy atom. The van der Waals surface area contributed by atoms with Gasteiger partial charge in [-0.2, -0.15) is 0 Å². The van der Waals surface area contributed by atoms with Crippen LogP contribution >= 0.6 is 0 Å². The lowest BCUT2D eigenvalue weighted by atomic mass is 9.88. The van der Waals surface area contributed by atoms with E-state index in [0.717, 1.165) is 0 Å². The van der Waals surface area contributed by atoms with Crippen molar-refractivity contribution >= 4 is 9.84 Å². The summed E-state index contributed by atoms with van der Waals surface area (Å²) in [6.45, 7) is 0.538. The lowest BCUT2D eigenvalue weighted by molar-refractivity contribution is -0.0327. The normalized spacial score (nSPS) is 17.7. The highest BCUT2D eigenvalue weighted by Gasteiger charge is 2.44. The second-order valence-corrected chi connectivity index (χ2v) is 7.92. The van der Waals surface area contributed by atoms with E-state index in [4.69, 9.17) is 0 Å². The number of benzene rings is 2. The highest BCUT2D eigenvalue weighted by molar-refractivity contribution is 7.91. The second kappa shape index (κ2) is 6.02. The molecule has 23 heavy (non-hydrogen) atoms. The lowest BCUT2D eigenvalue weighted by Crippen LogP contribution is -2.57. The third-order valence-corrected chi connectivity index (χ3v) is 5.80. The van der Waals surface area contributed by atoms with Gasteiger partial charge in [0.2, 0.25) is 0 Å². The number of hydrogen-bond acceptors (Lipinski definition) is 3. The fourth-order valence-corrected chi connectivity index (χ4v) is 4.05. The first kappa shape index (κ1) is 16.1. The fraction of sp³-hybridized carbons (Fsp3) is 0.294. The molecule has 0 spiro atoms. The summed E-state index contributed by atoms with van der Waals surface area (Å²) in [5.74, 6) is -0.446. The van der Waals surface area contributed by atoms with E-state index in [0.29, 0.717) is 5.56 Å². The number of nitrogens with zero attached hydrogens (tertiary/aromatic N) is 1. The molecule has 0 bridgehead atoms. The summed E-state index contributed by atoms with van der Waals surface area (Å²) in [6.07, 6.45) is 0. The van der Waals surface area contributed by atoms with Gasteiger partial charge >= 0.3 is 0 Å². The van der Waals surface area contributed by atoms with Crippen molar-refractivity contribution in [3.63, 3.8) is 0 Å². The minimum absolute atomic E-state index is 0.0451. The van der Waals surface area contributed by atoms with Crippen molar-refractivity contribution in [2.24, 2.45) is 0 Å². The molecule has 2 aromatic carbocycles. The average Bonchev–Trinajstić information content (AvgIpc) is 2.52. The van der Waals surface area contributed by atoms with Crippen LogP contribution in [0.3, 0.4) is 0 Å². The van der Waals surface area contributed by atoms with Gasteiger partial charge in [-0.15, -0.1) is 0 Å². The zero-order valence-corrected chi connectivity index (χ0v) is 13.3. The van der Waals surface area contributed by atoms with Gasteiger partial charge in [0.15, 0.2) is 15.5 Å². The fourth-order valence-electron chi connectivity index (χ4n) is 2.75. The van der Waals surface area contributed by atoms with Gasteiger partial charge < -0.3 is 0 Å². The Morgan fingerprint density at radius 1 is 1.00 bits per heavy atom. The Labute approximate surface area is 134 Å². The average molecular weight is 337 g/mol. The maximum Gasteiger partial charge on any atom is 0.179 e. The highest BCUT2D eigenvalue weighted by atomic mass is 32.2. The maximum atomic E-state index is 14.6. The van der Waals surface area contributed by atoms with E-state index in [2.05, 4.69) is 0 Å². The van der Waals surface area contributed by atoms with Crippen LogP contribution in [0.2, 0.25) is 0 Å². The molecular formula is C17H17F2NO2S. The van der Waals surface area contributed by atoms with E-state index in [-0.39, 0.29) is 30.3 Å². The molecule has 1 aliphatic rings. The summed E-state index contributed by atoms with van der Waals surface area (Å²) in [5, 5.41) is 0. The van der Waals surface area contributed by atoms with Crippen molar-refractivity contribution in [2.75, 3.05) is 25.4 Å². The molecule has 0 atom stereocenters. The number of rotatable bonds is 5. The van der Waals surface area contributed by atoms with Crippen LogP contribution in [0, 0.1) is 5.82 Å². The van der Waals surface area contributed by atoms with Crippen molar-refractivity contribution in [1.29, 1.82) is 0 Å². The van der Waals surface area contributed by atoms with Crippen LogP contribution in [0.5, 0.6) is 0 Å². The molecule has 122 valence electrons. The Morgan fingerprint density at radius 2 is 1.61 bits per heavy atom. The molecule has 0 aromatic heterocycles. The quantitative estimate of drug-likeness (QED) is 0.842. The SMILES string of the molecule is O=S(=O)(CCN1CC(F)(c2ccc(F)cc2)C1)c1ccccc1. The van der Waals surface area contributed by atoms with Crippen molar-refractivity contribution in [1.82, 2.24) is 4.90 Å². The van der Waals surface area contributed by atoms with Gasteiger partial charge in [0, 0.05) is 19.6 Å². The molecule has 0 amide bonds. The third-order valence-electron chi connectivity index (χ3n) is 4.09. The molecule has 3 nitrogen and oxygen atoms in total. The molecule has 0 aliphatic carbocycles. The first-order valence-corrected chi connectivity index (χ1v) is 8.99. The minimum Gasteiger partial charge on any atom is -0.295 e. The zero-order valence-electron chi connectivity index (χ0n) is 12.5. The van der Waals surface area contributed by atoms with Crippen molar-refractivity contribution < 1.29 is 17.2 Å². The van der Waals surface area contributed by atoms with E-state index in [9.17, 15) is 17.2 Å². The van der Waals surface area contributed by atoms with Crippen LogP contribution in [0.25, 0.3) is 0 Å². The summed E-state index contributed by atoms with van der Waals surface area (Å²) >= 11 is 0. The smallest absolute Gasteiger partial charge is 0.179 e. The molecule has 0 unspecified atom stereocenters. The Kier molecular flexibility index (Phi) is 4.21. The summed E-state index contributed by atoms with van der Waals surface area (Å²) in [7, 11) is -3.35. The first-order valence-electron chi connectivity index (χ1n) is 7.34. The molecule has 1 fully saturated rings. The summed E-state index contributed by atoms with van der Waals surface area (Å²) in [5.41, 5.74) is -1.09. The number of likely N-dealkylation sites (tertiary alicyclic amines) is 1. The van der Waals surface area contributed by atoms with Crippen molar-refractivity contribution in [2.45, 2.75) is 10.6 Å². The van der Waals surface area contributed by atoms with E-state index >= 15 is 0 Å². The number of halogens is 2. The predicted molar refractivity (Wildman–Crippen MR) is 84.1 cm³/mol. The molecule has 1 aliphatic heterocycles. The van der Waals surface area contributed by atoms with Crippen LogP contribution in [0.15, 0.2) is 59.5 Å². The topological polar surface area (TPSA) is 37.4 Å². The van der Waals surface area contributed by atoms with Crippen LogP contribution in [0.4, 0.5) is 8.78 Å². The Balaban J connectivity index is 1.57. The molecule has 6 heteroatoms. The monoisotopic (exact) mass is 337 g/mol. The Hall–Kier alpha value is -1.79. The van der Waals surface area contributed by atoms with Crippen LogP contribution < -0.4 is 0 Å². The standard InChI is InChI=1S/C17H17F2NO2S/c18-15-8-6-14(7-9-15)17(19)12-20(13-17)10-11-23(21,22)16-4-2-1-3-5-16/h1-9H,10-13H2. The molecule has 0 N–H and O–H groups in total. The highest BCUT2D eigenvalue weighted by Crippen LogP contribution is 2.36. The zero-order chi connectivity index (χ0) is 16.5. The van der Waals surface area contributed by atoms with Gasteiger partial charge in [-0.1, -0.05) is 30.3 Å². The van der Waals surface area contributed by atoms with Gasteiger partial charge in [0.1, 0.15) is 5.82 Å². The molecule has 3 rings (SSSR count). The van der Waals surface area contributed by atoms with E-state index < -0.39 is 21.3 Å². The minimum atomic E-state index is -3.35. The lowest BCUT2D eigenvalue weighted by Gasteiger charge is -2.44. The van der Waals surface area contributed by atoms with Crippen molar-refractivity contribution in [3.05, 3.63) is 66.0 Å². The predicted octanol–water partition coefficient (Wildman–Crippen LogP) is 2.78. The first-order chi connectivity index (χ1) is 10.9. The molecule has 0 saturated carbocycles. The van der Waals surface area contributed by atoms with E-state index in [1.807, 2.05) is 0 Å². The summed E-state index contributed by atoms with van der Waals surface area (Å²) in [6, 6.07) is 13.6. The molecule has 1 saturated heterocycles. The van der Waals surface area contributed by atoms with Crippen molar-refractivity contribution in [3.8, 4) is 0 Å². The van der Waals surface area contributed by atoms with Gasteiger partial charge in [-0.05, 0) is 29.8 Å². The van der Waals surface area contributed by atoms with E-state index in [1.165, 1.54) is 24.3 Å². The number of alkyl halides is 1. The maximum absolute atomic E-state index is 14.6. The Bertz CT molecular complexity index is 770. The van der Waals surface area contributed by atoms with Crippen LogP contribution in [-0.2, 0) is 15.5 Å². The van der Waals surface area contributed by atoms with Gasteiger partial charge in [-0.3, -0.25) is 4.90 Å². The van der Waals surface area contributed by atoms with Crippen LogP contribution in [-0.4, -0.2) is 38.7 Å². The number of sulfone groups is 1. The number of hydrogen-bond donors (Lipinski definition) is 0. The third kappa shape index (κ3) is 3.43. The van der Waals surface area contributed by atoms with Crippen LogP contribution in [0.1, 0.15) is 5.56 Å².